The van der Waals surface area contributed by atoms with E-state index in [0.717, 1.165) is 18.7 Å². The van der Waals surface area contributed by atoms with E-state index < -0.39 is 36.1 Å². The van der Waals surface area contributed by atoms with Gasteiger partial charge in [-0.1, -0.05) is 38.2 Å². The predicted molar refractivity (Wildman–Crippen MR) is 162 cm³/mol. The van der Waals surface area contributed by atoms with Gasteiger partial charge in [0, 0.05) is 57.5 Å². The highest BCUT2D eigenvalue weighted by Crippen LogP contribution is 2.27. The lowest BCUT2D eigenvalue weighted by molar-refractivity contribution is -0.149. The van der Waals surface area contributed by atoms with Crippen molar-refractivity contribution >= 4 is 18.2 Å². The van der Waals surface area contributed by atoms with Crippen LogP contribution in [0.1, 0.15) is 59.8 Å². The van der Waals surface area contributed by atoms with Gasteiger partial charge in [-0.15, -0.1) is 0 Å². The van der Waals surface area contributed by atoms with E-state index in [-0.39, 0.29) is 30.8 Å². The van der Waals surface area contributed by atoms with Crippen LogP contribution < -0.4 is 0 Å². The Morgan fingerprint density at radius 1 is 1.14 bits per heavy atom. The van der Waals surface area contributed by atoms with Crippen molar-refractivity contribution in [3.8, 4) is 0 Å². The van der Waals surface area contributed by atoms with Crippen molar-refractivity contribution in [2.24, 2.45) is 11.8 Å². The van der Waals surface area contributed by atoms with E-state index in [9.17, 15) is 24.6 Å². The number of β-amino-alcohol motifs (C(OH)–C–C–N with tert-alkyl or cyclic N) is 1. The van der Waals surface area contributed by atoms with Crippen molar-refractivity contribution in [3.05, 3.63) is 36.0 Å². The largest absolute Gasteiger partial charge is 0.457 e. The maximum Gasteiger partial charge on any atom is 0.410 e. The fourth-order valence-electron chi connectivity index (χ4n) is 5.38. The van der Waals surface area contributed by atoms with Crippen LogP contribution in [0.2, 0.25) is 0 Å². The maximum absolute atomic E-state index is 13.0. The summed E-state index contributed by atoms with van der Waals surface area (Å²) in [7, 11) is 2.01. The molecule has 0 saturated carbocycles. The second-order valence-corrected chi connectivity index (χ2v) is 12.6. The lowest BCUT2D eigenvalue weighted by Gasteiger charge is -2.36. The predicted octanol–water partition coefficient (Wildman–Crippen LogP) is 3.51. The van der Waals surface area contributed by atoms with Crippen LogP contribution in [0.3, 0.4) is 0 Å². The van der Waals surface area contributed by atoms with Gasteiger partial charge in [-0.25, -0.2) is 9.59 Å². The minimum atomic E-state index is -1.29. The van der Waals surface area contributed by atoms with Crippen molar-refractivity contribution < 1.29 is 38.8 Å². The van der Waals surface area contributed by atoms with E-state index in [2.05, 4.69) is 4.90 Å². The second kappa shape index (κ2) is 16.3. The molecule has 0 aromatic rings. The Hall–Kier alpha value is -2.89. The Morgan fingerprint density at radius 3 is 2.53 bits per heavy atom. The maximum atomic E-state index is 13.0. The number of hydrogen-bond donors (Lipinski definition) is 2. The normalized spacial score (nSPS) is 31.6. The molecule has 0 unspecified atom stereocenters. The number of likely N-dealkylation sites (tertiary alicyclic amines) is 1. The van der Waals surface area contributed by atoms with Crippen LogP contribution in [0.5, 0.6) is 0 Å². The minimum absolute atomic E-state index is 0.0466. The summed E-state index contributed by atoms with van der Waals surface area (Å²) in [5, 5.41) is 20.9. The number of nitrogens with zero attached hydrogens (tertiary/aromatic N) is 3. The molecule has 11 nitrogen and oxygen atoms in total. The molecule has 3 aliphatic heterocycles. The molecule has 43 heavy (non-hydrogen) atoms. The fourth-order valence-corrected chi connectivity index (χ4v) is 5.38. The molecule has 242 valence electrons. The molecule has 0 aliphatic carbocycles. The molecule has 0 bridgehead atoms. The Bertz CT molecular complexity index is 1030. The minimum Gasteiger partial charge on any atom is -0.457 e. The van der Waals surface area contributed by atoms with Crippen molar-refractivity contribution in [1.29, 1.82) is 0 Å². The molecule has 0 aromatic heterocycles. The summed E-state index contributed by atoms with van der Waals surface area (Å²) in [5.74, 6) is -0.606. The zero-order valence-electron chi connectivity index (χ0n) is 26.4. The van der Waals surface area contributed by atoms with Gasteiger partial charge in [0.15, 0.2) is 6.10 Å². The Labute approximate surface area is 256 Å². The molecule has 2 amide bonds. The van der Waals surface area contributed by atoms with Gasteiger partial charge in [0.1, 0.15) is 11.7 Å². The van der Waals surface area contributed by atoms with Gasteiger partial charge in [-0.3, -0.25) is 4.79 Å². The molecule has 0 aromatic carbocycles. The van der Waals surface area contributed by atoms with Gasteiger partial charge < -0.3 is 39.1 Å². The Balaban J connectivity index is 1.66. The summed E-state index contributed by atoms with van der Waals surface area (Å²) in [6, 6.07) is 0. The van der Waals surface area contributed by atoms with E-state index in [1.165, 1.54) is 4.90 Å². The van der Waals surface area contributed by atoms with Gasteiger partial charge in [0.05, 0.1) is 12.7 Å². The topological polar surface area (TPSA) is 129 Å². The molecule has 0 spiro atoms. The van der Waals surface area contributed by atoms with Crippen LogP contribution in [0.25, 0.3) is 0 Å². The number of amides is 2. The summed E-state index contributed by atoms with van der Waals surface area (Å²) >= 11 is 0. The first-order chi connectivity index (χ1) is 20.4. The van der Waals surface area contributed by atoms with Crippen LogP contribution >= 0.6 is 0 Å². The summed E-state index contributed by atoms with van der Waals surface area (Å²) < 4.78 is 17.1. The number of carbonyl (C=O) groups is 3. The molecule has 2 fully saturated rings. The quantitative estimate of drug-likeness (QED) is 0.202. The third-order valence-corrected chi connectivity index (χ3v) is 8.38. The van der Waals surface area contributed by atoms with Crippen molar-refractivity contribution in [1.82, 2.24) is 14.7 Å². The average Bonchev–Trinajstić information content (AvgIpc) is 3.40. The van der Waals surface area contributed by atoms with Crippen molar-refractivity contribution in [2.45, 2.75) is 83.7 Å². The van der Waals surface area contributed by atoms with Gasteiger partial charge in [-0.2, -0.15) is 0 Å². The molecule has 0 radical (unpaired) electrons. The first-order valence-electron chi connectivity index (χ1n) is 15.5. The first-order valence-corrected chi connectivity index (χ1v) is 15.5. The van der Waals surface area contributed by atoms with Crippen LogP contribution in [-0.4, -0.2) is 120 Å². The number of piperazine rings is 1. The summed E-state index contributed by atoms with van der Waals surface area (Å²) in [6.07, 6.45) is 8.76. The van der Waals surface area contributed by atoms with E-state index in [4.69, 9.17) is 14.2 Å². The van der Waals surface area contributed by atoms with E-state index in [0.29, 0.717) is 51.9 Å². The number of carbonyl (C=O) groups excluding carboxylic acids is 3. The molecule has 3 heterocycles. The van der Waals surface area contributed by atoms with Crippen LogP contribution in [-0.2, 0) is 19.0 Å². The van der Waals surface area contributed by atoms with Gasteiger partial charge >= 0.3 is 18.2 Å². The number of esters is 1. The van der Waals surface area contributed by atoms with Crippen LogP contribution in [0, 0.1) is 11.8 Å². The number of likely N-dealkylation sites (N-methyl/N-ethyl adjacent to an activating group) is 1. The van der Waals surface area contributed by atoms with Crippen LogP contribution in [0.4, 0.5) is 9.59 Å². The van der Waals surface area contributed by atoms with E-state index in [1.807, 2.05) is 52.1 Å². The number of ether oxygens (including phenoxy) is 3. The zero-order chi connectivity index (χ0) is 31.6. The SMILES string of the molecule is C/C(=C\C=C\[C@@H](C)COC(=O)N1CC[C@@H](O)C1)[C@H]1OC(=O)CCCC[C@@](C)(O)[C@@H](OC(=O)N2CCN(C)CC2)/C=C/[C@@H]1C. The van der Waals surface area contributed by atoms with Gasteiger partial charge in [-0.05, 0) is 58.2 Å². The zero-order valence-corrected chi connectivity index (χ0v) is 26.4. The Kier molecular flexibility index (Phi) is 13.1. The number of allylic oxidation sites excluding steroid dienone is 2. The first kappa shape index (κ1) is 34.6. The highest BCUT2D eigenvalue weighted by Gasteiger charge is 2.35. The second-order valence-electron chi connectivity index (χ2n) is 12.6. The van der Waals surface area contributed by atoms with Crippen molar-refractivity contribution in [3.63, 3.8) is 0 Å². The van der Waals surface area contributed by atoms with Crippen LogP contribution in [0.15, 0.2) is 36.0 Å². The highest BCUT2D eigenvalue weighted by molar-refractivity contribution is 5.70. The number of rotatable bonds is 6. The van der Waals surface area contributed by atoms with Gasteiger partial charge in [0.25, 0.3) is 0 Å². The molecule has 2 saturated heterocycles. The molecule has 11 heteroatoms. The number of aliphatic hydroxyl groups is 2. The molecule has 2 N–H and O–H groups in total. The van der Waals surface area contributed by atoms with E-state index >= 15 is 0 Å². The molecule has 3 aliphatic rings. The lowest BCUT2D eigenvalue weighted by Crippen LogP contribution is -2.50. The molecule has 3 rings (SSSR count). The highest BCUT2D eigenvalue weighted by atomic mass is 16.6. The fraction of sp³-hybridized carbons (Fsp3) is 0.719. The van der Waals surface area contributed by atoms with E-state index in [1.54, 1.807) is 17.9 Å². The molecular weight excluding hydrogens is 554 g/mol. The number of cyclic esters (lactones) is 1. The average molecular weight is 606 g/mol. The van der Waals surface area contributed by atoms with Crippen molar-refractivity contribution in [2.75, 3.05) is 52.9 Å². The smallest absolute Gasteiger partial charge is 0.410 e. The molecule has 6 atom stereocenters. The summed E-state index contributed by atoms with van der Waals surface area (Å²) in [6.45, 7) is 11.1. The standard InChI is InChI=1S/C32H51N3O8/c1-23(22-41-30(38)35-16-14-26(36)21-35)9-8-10-24(2)29-25(3)12-13-27(32(4,40)15-7-6-11-28(37)43-29)42-31(39)34-19-17-33(5)18-20-34/h8-10,12-13,23,25-27,29,36,40H,6-7,11,14-22H2,1-5H3/b9-8+,13-12+,24-10+/t23-,25+,26-,27+,29-,32-/m1/s1. The third-order valence-electron chi connectivity index (χ3n) is 8.38. The van der Waals surface area contributed by atoms with Gasteiger partial charge in [0.2, 0.25) is 0 Å². The monoisotopic (exact) mass is 605 g/mol. The number of aliphatic hydroxyl groups excluding tert-OH is 1. The Morgan fingerprint density at radius 2 is 1.86 bits per heavy atom. The molecular formula is C32H51N3O8. The summed E-state index contributed by atoms with van der Waals surface area (Å²) in [5.41, 5.74) is -0.467. The third kappa shape index (κ3) is 11.0. The number of hydrogen-bond acceptors (Lipinski definition) is 9. The summed E-state index contributed by atoms with van der Waals surface area (Å²) in [4.78, 5) is 43.2. The lowest BCUT2D eigenvalue weighted by atomic mass is 9.89.